The Morgan fingerprint density at radius 2 is 1.21 bits per heavy atom. The topological polar surface area (TPSA) is 20.2 Å². The van der Waals surface area contributed by atoms with E-state index in [2.05, 4.69) is 97.9 Å². The Balaban J connectivity index is 1.87. The first-order valence-corrected chi connectivity index (χ1v) is 16.9. The van der Waals surface area contributed by atoms with Gasteiger partial charge in [0.25, 0.3) is 0 Å². The van der Waals surface area contributed by atoms with Crippen molar-refractivity contribution >= 4 is 29.1 Å². The van der Waals surface area contributed by atoms with Crippen LogP contribution in [0.3, 0.4) is 0 Å². The zero-order chi connectivity index (χ0) is 19.9. The van der Waals surface area contributed by atoms with Crippen LogP contribution in [0, 0.1) is 17.3 Å². The van der Waals surface area contributed by atoms with Crippen LogP contribution in [0.5, 0.6) is 0 Å². The van der Waals surface area contributed by atoms with E-state index < -0.39 is 18.4 Å². The first-order chi connectivity index (χ1) is 14.2. The Bertz CT molecular complexity index is 859. The molecule has 148 valence electrons. The molecule has 2 fully saturated rings. The standard InChI is InChI=1S/C9H15O.3C6H5.Sn/c1-9(6-10)5-7-2-3-8(9)4-7;3*1-2-4-6-5-3-1;/h5,7-8,10H,2-4,6H2,1H3;3*1-5H;/t7-,8+,9-;;;;/m0..../s1. The van der Waals surface area contributed by atoms with Crippen LogP contribution in [0.1, 0.15) is 26.2 Å². The zero-order valence-electron chi connectivity index (χ0n) is 17.2. The Hall–Kier alpha value is -1.58. The average Bonchev–Trinajstić information content (AvgIpc) is 3.38. The summed E-state index contributed by atoms with van der Waals surface area (Å²) >= 11 is -3.43. The molecular formula is C27H30OSn. The zero-order valence-corrected chi connectivity index (χ0v) is 20.0. The van der Waals surface area contributed by atoms with Crippen molar-refractivity contribution in [3.05, 3.63) is 91.0 Å². The van der Waals surface area contributed by atoms with Crippen LogP contribution in [-0.4, -0.2) is 30.1 Å². The van der Waals surface area contributed by atoms with Crippen molar-refractivity contribution < 1.29 is 5.11 Å². The molecule has 3 aromatic rings. The third kappa shape index (κ3) is 2.84. The van der Waals surface area contributed by atoms with E-state index in [-0.39, 0.29) is 5.41 Å². The van der Waals surface area contributed by atoms with Gasteiger partial charge in [0, 0.05) is 0 Å². The van der Waals surface area contributed by atoms with Gasteiger partial charge in [0.15, 0.2) is 0 Å². The Morgan fingerprint density at radius 1 is 0.759 bits per heavy atom. The average molecular weight is 489 g/mol. The summed E-state index contributed by atoms with van der Waals surface area (Å²) < 4.78 is 5.23. The second-order valence-corrected chi connectivity index (χ2v) is 20.6. The molecule has 2 heteroatoms. The molecule has 2 aliphatic rings. The van der Waals surface area contributed by atoms with Gasteiger partial charge in [-0.15, -0.1) is 0 Å². The summed E-state index contributed by atoms with van der Waals surface area (Å²) in [6, 6.07) is 34.1. The number of hydrogen-bond acceptors (Lipinski definition) is 1. The molecular weight excluding hydrogens is 459 g/mol. The van der Waals surface area contributed by atoms with Crippen LogP contribution in [0.2, 0.25) is 3.93 Å². The number of benzene rings is 3. The SMILES string of the molecule is C[C@]1(CO)[C@@H]2CC[C@@H](C2)[C@H]1[Sn]([c]1ccccc1)([c]1ccccc1)[c]1ccccc1. The van der Waals surface area contributed by atoms with E-state index in [1.54, 1.807) is 10.7 Å². The van der Waals surface area contributed by atoms with Gasteiger partial charge in [-0.2, -0.15) is 0 Å². The molecule has 3 aromatic carbocycles. The molecule has 0 spiro atoms. The van der Waals surface area contributed by atoms with E-state index in [0.717, 1.165) is 5.92 Å². The summed E-state index contributed by atoms with van der Waals surface area (Å²) in [6.07, 6.45) is 3.92. The fourth-order valence-electron chi connectivity index (χ4n) is 6.93. The quantitative estimate of drug-likeness (QED) is 0.539. The van der Waals surface area contributed by atoms with Gasteiger partial charge in [0.1, 0.15) is 0 Å². The van der Waals surface area contributed by atoms with Gasteiger partial charge in [-0.25, -0.2) is 0 Å². The monoisotopic (exact) mass is 490 g/mol. The van der Waals surface area contributed by atoms with Crippen LogP contribution < -0.4 is 10.7 Å². The molecule has 0 unspecified atom stereocenters. The third-order valence-electron chi connectivity index (χ3n) is 8.08. The van der Waals surface area contributed by atoms with Crippen LogP contribution in [-0.2, 0) is 0 Å². The molecule has 5 rings (SSSR count). The van der Waals surface area contributed by atoms with Gasteiger partial charge in [0.05, 0.1) is 0 Å². The van der Waals surface area contributed by atoms with Crippen molar-refractivity contribution in [2.24, 2.45) is 17.3 Å². The fraction of sp³-hybridized carbons (Fsp3) is 0.333. The van der Waals surface area contributed by atoms with E-state index >= 15 is 0 Å². The van der Waals surface area contributed by atoms with Gasteiger partial charge in [-0.1, -0.05) is 0 Å². The second kappa shape index (κ2) is 7.59. The van der Waals surface area contributed by atoms with Crippen LogP contribution in [0.25, 0.3) is 0 Å². The Morgan fingerprint density at radius 3 is 1.62 bits per heavy atom. The van der Waals surface area contributed by atoms with Crippen molar-refractivity contribution in [1.29, 1.82) is 0 Å². The van der Waals surface area contributed by atoms with Crippen molar-refractivity contribution in [1.82, 2.24) is 0 Å². The van der Waals surface area contributed by atoms with E-state index in [9.17, 15) is 5.11 Å². The molecule has 2 aliphatic carbocycles. The van der Waals surface area contributed by atoms with E-state index in [1.165, 1.54) is 19.3 Å². The third-order valence-corrected chi connectivity index (χ3v) is 24.6. The van der Waals surface area contributed by atoms with Crippen molar-refractivity contribution in [3.63, 3.8) is 0 Å². The molecule has 2 saturated carbocycles. The molecule has 1 N–H and O–H groups in total. The van der Waals surface area contributed by atoms with E-state index in [4.69, 9.17) is 0 Å². The predicted octanol–water partition coefficient (Wildman–Crippen LogP) is 3.96. The number of aliphatic hydroxyl groups excluding tert-OH is 1. The van der Waals surface area contributed by atoms with Crippen LogP contribution in [0.15, 0.2) is 91.0 Å². The maximum atomic E-state index is 10.8. The van der Waals surface area contributed by atoms with Gasteiger partial charge in [-0.05, 0) is 0 Å². The summed E-state index contributed by atoms with van der Waals surface area (Å²) in [7, 11) is 0. The van der Waals surface area contributed by atoms with Gasteiger partial charge in [-0.3, -0.25) is 0 Å². The molecule has 0 radical (unpaired) electrons. The van der Waals surface area contributed by atoms with Crippen molar-refractivity contribution in [2.45, 2.75) is 30.1 Å². The summed E-state index contributed by atoms with van der Waals surface area (Å²) in [5, 5.41) is 10.8. The molecule has 0 heterocycles. The van der Waals surface area contributed by atoms with E-state index in [1.807, 2.05) is 0 Å². The Labute approximate surface area is 178 Å². The minimum atomic E-state index is -3.43. The molecule has 29 heavy (non-hydrogen) atoms. The van der Waals surface area contributed by atoms with Crippen LogP contribution in [0.4, 0.5) is 0 Å². The normalized spacial score (nSPS) is 28.6. The number of rotatable bonds is 5. The molecule has 1 nitrogen and oxygen atoms in total. The molecule has 0 saturated heterocycles. The van der Waals surface area contributed by atoms with Gasteiger partial charge in [0.2, 0.25) is 0 Å². The minimum absolute atomic E-state index is 0.0144. The van der Waals surface area contributed by atoms with Crippen LogP contribution >= 0.6 is 0 Å². The number of hydrogen-bond donors (Lipinski definition) is 1. The maximum absolute atomic E-state index is 10.8. The molecule has 2 bridgehead atoms. The number of aliphatic hydroxyl groups is 1. The summed E-state index contributed by atoms with van der Waals surface area (Å²) in [5.74, 6) is 1.39. The van der Waals surface area contributed by atoms with Crippen molar-refractivity contribution in [2.75, 3.05) is 6.61 Å². The molecule has 0 aromatic heterocycles. The Kier molecular flexibility index (Phi) is 5.07. The molecule has 4 atom stereocenters. The summed E-state index contributed by atoms with van der Waals surface area (Å²) in [6.45, 7) is 2.71. The number of fused-ring (bicyclic) bond motifs is 2. The van der Waals surface area contributed by atoms with Crippen molar-refractivity contribution in [3.8, 4) is 0 Å². The second-order valence-electron chi connectivity index (χ2n) is 9.32. The summed E-state index contributed by atoms with van der Waals surface area (Å²) in [5.41, 5.74) is 0.0144. The van der Waals surface area contributed by atoms with Gasteiger partial charge >= 0.3 is 179 Å². The first kappa shape index (κ1) is 19.4. The summed E-state index contributed by atoms with van der Waals surface area (Å²) in [4.78, 5) is 0. The molecule has 0 aliphatic heterocycles. The van der Waals surface area contributed by atoms with E-state index in [0.29, 0.717) is 16.5 Å². The fourth-order valence-corrected chi connectivity index (χ4v) is 25.6. The van der Waals surface area contributed by atoms with Gasteiger partial charge < -0.3 is 0 Å². The molecule has 0 amide bonds. The first-order valence-electron chi connectivity index (χ1n) is 11.0. The predicted molar refractivity (Wildman–Crippen MR) is 124 cm³/mol.